The van der Waals surface area contributed by atoms with Crippen LogP contribution in [0.5, 0.6) is 5.75 Å². The fourth-order valence-electron chi connectivity index (χ4n) is 4.79. The van der Waals surface area contributed by atoms with Gasteiger partial charge in [-0.15, -0.1) is 0 Å². The van der Waals surface area contributed by atoms with Crippen molar-refractivity contribution in [3.05, 3.63) is 60.2 Å². The van der Waals surface area contributed by atoms with Crippen LogP contribution in [-0.4, -0.2) is 6.61 Å². The molecule has 3 rings (SSSR count). The molecule has 0 heterocycles. The Morgan fingerprint density at radius 2 is 1.44 bits per heavy atom. The highest BCUT2D eigenvalue weighted by molar-refractivity contribution is 5.71. The first-order chi connectivity index (χ1) is 15.7. The third kappa shape index (κ3) is 7.84. The van der Waals surface area contributed by atoms with Gasteiger partial charge in [0.05, 0.1) is 6.61 Å². The first-order valence-electron chi connectivity index (χ1n) is 13.2. The molecular weight excluding hydrogens is 388 g/mol. The zero-order valence-corrected chi connectivity index (χ0v) is 20.7. The Bertz CT molecular complexity index is 799. The number of hydrogen-bond acceptors (Lipinski definition) is 1. The van der Waals surface area contributed by atoms with Gasteiger partial charge in [0.1, 0.15) is 5.75 Å². The highest BCUT2D eigenvalue weighted by Gasteiger charge is 2.17. The lowest BCUT2D eigenvalue weighted by atomic mass is 9.81. The number of benzene rings is 2. The van der Waals surface area contributed by atoms with E-state index in [0.717, 1.165) is 30.6 Å². The number of rotatable bonds is 13. The van der Waals surface area contributed by atoms with E-state index in [1.54, 1.807) is 0 Å². The molecule has 1 aliphatic carbocycles. The lowest BCUT2D eigenvalue weighted by molar-refractivity contribution is 0.304. The van der Waals surface area contributed by atoms with E-state index in [0.29, 0.717) is 0 Å². The molecule has 174 valence electrons. The van der Waals surface area contributed by atoms with Crippen molar-refractivity contribution >= 4 is 5.57 Å². The molecule has 0 aromatic heterocycles. The van der Waals surface area contributed by atoms with Crippen LogP contribution < -0.4 is 4.74 Å². The number of unbranched alkanes of at least 4 members (excludes halogenated alkanes) is 5. The van der Waals surface area contributed by atoms with Crippen molar-refractivity contribution in [2.24, 2.45) is 11.8 Å². The van der Waals surface area contributed by atoms with Crippen LogP contribution in [0.3, 0.4) is 0 Å². The maximum Gasteiger partial charge on any atom is 0.119 e. The third-order valence-corrected chi connectivity index (χ3v) is 7.16. The van der Waals surface area contributed by atoms with Crippen LogP contribution >= 0.6 is 0 Å². The predicted octanol–water partition coefficient (Wildman–Crippen LogP) is 9.71. The van der Waals surface area contributed by atoms with Crippen LogP contribution in [0.2, 0.25) is 0 Å². The van der Waals surface area contributed by atoms with Crippen molar-refractivity contribution in [3.8, 4) is 16.9 Å². The van der Waals surface area contributed by atoms with Gasteiger partial charge in [0, 0.05) is 0 Å². The zero-order valence-electron chi connectivity index (χ0n) is 20.7. The van der Waals surface area contributed by atoms with E-state index in [9.17, 15) is 0 Å². The summed E-state index contributed by atoms with van der Waals surface area (Å²) < 4.78 is 5.93. The molecule has 0 aliphatic heterocycles. The van der Waals surface area contributed by atoms with Crippen molar-refractivity contribution in [2.75, 3.05) is 6.61 Å². The molecule has 0 N–H and O–H groups in total. The Morgan fingerprint density at radius 1 is 0.812 bits per heavy atom. The molecule has 0 spiro atoms. The van der Waals surface area contributed by atoms with Crippen molar-refractivity contribution in [1.29, 1.82) is 0 Å². The Balaban J connectivity index is 1.46. The minimum absolute atomic E-state index is 0.827. The Hall–Kier alpha value is -2.02. The maximum atomic E-state index is 5.93. The van der Waals surface area contributed by atoms with Crippen molar-refractivity contribution < 1.29 is 4.74 Å². The summed E-state index contributed by atoms with van der Waals surface area (Å²) in [5.74, 6) is 2.73. The summed E-state index contributed by atoms with van der Waals surface area (Å²) in [7, 11) is 0. The second-order valence-electron chi connectivity index (χ2n) is 9.84. The summed E-state index contributed by atoms with van der Waals surface area (Å²) >= 11 is 0. The summed E-state index contributed by atoms with van der Waals surface area (Å²) in [6.45, 7) is 7.80. The van der Waals surface area contributed by atoms with E-state index in [2.05, 4.69) is 75.4 Å². The fourth-order valence-corrected chi connectivity index (χ4v) is 4.79. The average molecular weight is 433 g/mol. The summed E-state index contributed by atoms with van der Waals surface area (Å²) in [6.07, 6.45) is 16.8. The largest absolute Gasteiger partial charge is 0.494 e. The molecule has 0 radical (unpaired) electrons. The van der Waals surface area contributed by atoms with Gasteiger partial charge in [-0.1, -0.05) is 102 Å². The van der Waals surface area contributed by atoms with Crippen LogP contribution in [-0.2, 0) is 0 Å². The van der Waals surface area contributed by atoms with E-state index >= 15 is 0 Å². The van der Waals surface area contributed by atoms with Crippen molar-refractivity contribution in [2.45, 2.75) is 91.4 Å². The monoisotopic (exact) mass is 432 g/mol. The van der Waals surface area contributed by atoms with Crippen LogP contribution in [0, 0.1) is 11.8 Å². The SMILES string of the molecule is CCCCCCCCOc1ccc(-c2ccc(C3=CCC(CC(C)CC)CC3)cc2)cc1. The molecule has 2 unspecified atom stereocenters. The minimum atomic E-state index is 0.827. The topological polar surface area (TPSA) is 9.23 Å². The molecule has 1 nitrogen and oxygen atoms in total. The fraction of sp³-hybridized carbons (Fsp3) is 0.548. The van der Waals surface area contributed by atoms with Crippen LogP contribution in [0.4, 0.5) is 0 Å². The molecule has 1 aliphatic rings. The van der Waals surface area contributed by atoms with Gasteiger partial charge in [-0.25, -0.2) is 0 Å². The van der Waals surface area contributed by atoms with Gasteiger partial charge in [0.2, 0.25) is 0 Å². The molecule has 32 heavy (non-hydrogen) atoms. The summed E-state index contributed by atoms with van der Waals surface area (Å²) in [5.41, 5.74) is 5.47. The number of allylic oxidation sites excluding steroid dienone is 2. The quantitative estimate of drug-likeness (QED) is 0.286. The number of ether oxygens (including phenoxy) is 1. The second-order valence-corrected chi connectivity index (χ2v) is 9.84. The highest BCUT2D eigenvalue weighted by Crippen LogP contribution is 2.34. The molecular formula is C31H44O. The van der Waals surface area contributed by atoms with Gasteiger partial charge in [0.25, 0.3) is 0 Å². The summed E-state index contributed by atoms with van der Waals surface area (Å²) in [5, 5.41) is 0. The van der Waals surface area contributed by atoms with Crippen molar-refractivity contribution in [1.82, 2.24) is 0 Å². The Labute approximate surface area is 197 Å². The maximum absolute atomic E-state index is 5.93. The van der Waals surface area contributed by atoms with E-state index in [1.165, 1.54) is 86.5 Å². The van der Waals surface area contributed by atoms with Gasteiger partial charge in [-0.2, -0.15) is 0 Å². The molecule has 2 aromatic carbocycles. The molecule has 0 saturated heterocycles. The summed E-state index contributed by atoms with van der Waals surface area (Å²) in [4.78, 5) is 0. The van der Waals surface area contributed by atoms with E-state index < -0.39 is 0 Å². The molecule has 0 bridgehead atoms. The molecule has 0 fully saturated rings. The Morgan fingerprint density at radius 3 is 2.06 bits per heavy atom. The predicted molar refractivity (Wildman–Crippen MR) is 140 cm³/mol. The first-order valence-corrected chi connectivity index (χ1v) is 13.2. The third-order valence-electron chi connectivity index (χ3n) is 7.16. The average Bonchev–Trinajstić information content (AvgIpc) is 2.84. The van der Waals surface area contributed by atoms with E-state index in [-0.39, 0.29) is 0 Å². The van der Waals surface area contributed by atoms with Crippen LogP contribution in [0.15, 0.2) is 54.6 Å². The van der Waals surface area contributed by atoms with Gasteiger partial charge < -0.3 is 4.74 Å². The smallest absolute Gasteiger partial charge is 0.119 e. The van der Waals surface area contributed by atoms with Crippen LogP contribution in [0.1, 0.15) is 97.0 Å². The molecule has 1 heteroatoms. The lowest BCUT2D eigenvalue weighted by Gasteiger charge is -2.24. The highest BCUT2D eigenvalue weighted by atomic mass is 16.5. The molecule has 2 atom stereocenters. The normalized spacial score (nSPS) is 17.1. The number of hydrogen-bond donors (Lipinski definition) is 0. The standard InChI is InChI=1S/C31H44O/c1-4-6-7-8-9-10-23-32-31-21-19-30(20-22-31)29-17-15-28(16-18-29)27-13-11-26(12-14-27)24-25(3)5-2/h13,15-22,25-26H,4-12,14,23-24H2,1-3H3. The van der Waals surface area contributed by atoms with Gasteiger partial charge >= 0.3 is 0 Å². The lowest BCUT2D eigenvalue weighted by Crippen LogP contribution is -2.09. The van der Waals surface area contributed by atoms with Crippen LogP contribution in [0.25, 0.3) is 16.7 Å². The minimum Gasteiger partial charge on any atom is -0.494 e. The van der Waals surface area contributed by atoms with Gasteiger partial charge in [-0.05, 0) is 78.3 Å². The van der Waals surface area contributed by atoms with Gasteiger partial charge in [0.15, 0.2) is 0 Å². The summed E-state index contributed by atoms with van der Waals surface area (Å²) in [6, 6.07) is 17.7. The van der Waals surface area contributed by atoms with Crippen molar-refractivity contribution in [3.63, 3.8) is 0 Å². The van der Waals surface area contributed by atoms with Gasteiger partial charge in [-0.3, -0.25) is 0 Å². The Kier molecular flexibility index (Phi) is 10.4. The van der Waals surface area contributed by atoms with E-state index in [4.69, 9.17) is 4.74 Å². The first kappa shape index (κ1) is 24.6. The van der Waals surface area contributed by atoms with E-state index in [1.807, 2.05) is 0 Å². The second kappa shape index (κ2) is 13.5. The molecule has 0 amide bonds. The molecule has 2 aromatic rings. The molecule has 0 saturated carbocycles. The zero-order chi connectivity index (χ0) is 22.6.